The number of hydrogen-bond acceptors (Lipinski definition) is 4. The number of hydrogen-bond donors (Lipinski definition) is 1. The van der Waals surface area contributed by atoms with Gasteiger partial charge >= 0.3 is 5.97 Å². The van der Waals surface area contributed by atoms with E-state index in [1.165, 1.54) is 7.11 Å². The Labute approximate surface area is 122 Å². The van der Waals surface area contributed by atoms with Crippen molar-refractivity contribution in [3.63, 3.8) is 0 Å². The molecule has 104 valence electrons. The van der Waals surface area contributed by atoms with Crippen LogP contribution < -0.4 is 5.32 Å². The van der Waals surface area contributed by atoms with E-state index in [9.17, 15) is 4.79 Å². The number of esters is 1. The number of halogens is 1. The Morgan fingerprint density at radius 1 is 1.37 bits per heavy atom. The van der Waals surface area contributed by atoms with Crippen LogP contribution in [0, 0.1) is 0 Å². The molecule has 1 atom stereocenters. The number of carbonyl (C=O) groups excluding carboxylic acids is 1. The summed E-state index contributed by atoms with van der Waals surface area (Å²) in [5.74, 6) is -0.221. The molecule has 0 aliphatic carbocycles. The van der Waals surface area contributed by atoms with E-state index in [4.69, 9.17) is 4.74 Å². The van der Waals surface area contributed by atoms with Crippen molar-refractivity contribution in [2.45, 2.75) is 12.5 Å². The molecule has 0 radical (unpaired) electrons. The minimum absolute atomic E-state index is 0.221. The smallest absolute Gasteiger partial charge is 0.330 e. The van der Waals surface area contributed by atoms with Crippen LogP contribution in [0.4, 0.5) is 0 Å². The average molecular weight is 327 g/mol. The SMILES string of the molecule is COC(=O)C(C)(c1ccccc1Br)N1CCNCC1. The predicted molar refractivity (Wildman–Crippen MR) is 78.0 cm³/mol. The minimum Gasteiger partial charge on any atom is -0.467 e. The largest absolute Gasteiger partial charge is 0.467 e. The van der Waals surface area contributed by atoms with Crippen molar-refractivity contribution in [3.05, 3.63) is 34.3 Å². The molecule has 1 fully saturated rings. The molecule has 1 aromatic carbocycles. The van der Waals surface area contributed by atoms with E-state index >= 15 is 0 Å². The van der Waals surface area contributed by atoms with E-state index in [-0.39, 0.29) is 5.97 Å². The van der Waals surface area contributed by atoms with E-state index in [1.54, 1.807) is 0 Å². The van der Waals surface area contributed by atoms with E-state index in [2.05, 4.69) is 26.1 Å². The summed E-state index contributed by atoms with van der Waals surface area (Å²) in [5, 5.41) is 3.30. The van der Waals surface area contributed by atoms with Gasteiger partial charge < -0.3 is 10.1 Å². The van der Waals surface area contributed by atoms with Crippen molar-refractivity contribution < 1.29 is 9.53 Å². The minimum atomic E-state index is -0.753. The lowest BCUT2D eigenvalue weighted by Crippen LogP contribution is -2.57. The number of rotatable bonds is 3. The molecule has 1 aliphatic rings. The summed E-state index contributed by atoms with van der Waals surface area (Å²) >= 11 is 3.55. The van der Waals surface area contributed by atoms with Gasteiger partial charge in [0.2, 0.25) is 0 Å². The molecular formula is C14H19BrN2O2. The normalized spacial score (nSPS) is 19.7. The standard InChI is InChI=1S/C14H19BrN2O2/c1-14(13(18)19-2,17-9-7-16-8-10-17)11-5-3-4-6-12(11)15/h3-6,16H,7-10H2,1-2H3. The first-order valence-electron chi connectivity index (χ1n) is 6.40. The Morgan fingerprint density at radius 2 is 2.00 bits per heavy atom. The average Bonchev–Trinajstić information content (AvgIpc) is 2.47. The van der Waals surface area contributed by atoms with E-state index < -0.39 is 5.54 Å². The van der Waals surface area contributed by atoms with Crippen LogP contribution in [0.5, 0.6) is 0 Å². The highest BCUT2D eigenvalue weighted by Crippen LogP contribution is 2.34. The fourth-order valence-electron chi connectivity index (χ4n) is 2.58. The highest BCUT2D eigenvalue weighted by Gasteiger charge is 2.43. The molecule has 0 bridgehead atoms. The van der Waals surface area contributed by atoms with Crippen LogP contribution in [0.25, 0.3) is 0 Å². The molecule has 1 saturated heterocycles. The highest BCUT2D eigenvalue weighted by atomic mass is 79.9. The first kappa shape index (κ1) is 14.5. The molecule has 19 heavy (non-hydrogen) atoms. The number of nitrogens with one attached hydrogen (secondary N) is 1. The Morgan fingerprint density at radius 3 is 2.58 bits per heavy atom. The van der Waals surface area contributed by atoms with Gasteiger partial charge in [-0.3, -0.25) is 4.90 Å². The van der Waals surface area contributed by atoms with Gasteiger partial charge in [-0.15, -0.1) is 0 Å². The van der Waals surface area contributed by atoms with E-state index in [0.29, 0.717) is 0 Å². The molecule has 1 heterocycles. The molecule has 0 aromatic heterocycles. The number of nitrogens with zero attached hydrogens (tertiary/aromatic N) is 1. The van der Waals surface area contributed by atoms with Crippen LogP contribution in [-0.2, 0) is 15.1 Å². The maximum atomic E-state index is 12.4. The number of piperazine rings is 1. The van der Waals surface area contributed by atoms with Gasteiger partial charge in [0.05, 0.1) is 7.11 Å². The second-order valence-electron chi connectivity index (χ2n) is 4.78. The molecule has 0 amide bonds. The fraction of sp³-hybridized carbons (Fsp3) is 0.500. The first-order chi connectivity index (χ1) is 9.10. The van der Waals surface area contributed by atoms with Crippen molar-refractivity contribution in [1.29, 1.82) is 0 Å². The van der Waals surface area contributed by atoms with Crippen LogP contribution in [0.1, 0.15) is 12.5 Å². The third kappa shape index (κ3) is 2.68. The molecular weight excluding hydrogens is 308 g/mol. The summed E-state index contributed by atoms with van der Waals surface area (Å²) in [6.45, 7) is 5.36. The molecule has 0 spiro atoms. The highest BCUT2D eigenvalue weighted by molar-refractivity contribution is 9.10. The molecule has 1 N–H and O–H groups in total. The van der Waals surface area contributed by atoms with Crippen LogP contribution in [0.15, 0.2) is 28.7 Å². The molecule has 4 nitrogen and oxygen atoms in total. The maximum absolute atomic E-state index is 12.4. The van der Waals surface area contributed by atoms with Gasteiger partial charge in [-0.25, -0.2) is 4.79 Å². The lowest BCUT2D eigenvalue weighted by molar-refractivity contribution is -0.155. The quantitative estimate of drug-likeness (QED) is 0.859. The zero-order chi connectivity index (χ0) is 13.9. The van der Waals surface area contributed by atoms with Gasteiger partial charge in [0, 0.05) is 30.7 Å². The van der Waals surface area contributed by atoms with E-state index in [1.807, 2.05) is 31.2 Å². The van der Waals surface area contributed by atoms with Gasteiger partial charge in [0.1, 0.15) is 5.54 Å². The summed E-state index contributed by atoms with van der Waals surface area (Å²) in [5.41, 5.74) is 0.195. The number of carbonyl (C=O) groups is 1. The number of ether oxygens (including phenoxy) is 1. The van der Waals surface area contributed by atoms with Crippen molar-refractivity contribution in [3.8, 4) is 0 Å². The molecule has 1 unspecified atom stereocenters. The summed E-state index contributed by atoms with van der Waals surface area (Å²) in [6, 6.07) is 7.83. The van der Waals surface area contributed by atoms with E-state index in [0.717, 1.165) is 36.2 Å². The van der Waals surface area contributed by atoms with Crippen molar-refractivity contribution in [1.82, 2.24) is 10.2 Å². The zero-order valence-corrected chi connectivity index (χ0v) is 12.9. The molecule has 5 heteroatoms. The third-order valence-electron chi connectivity index (χ3n) is 3.73. The monoisotopic (exact) mass is 326 g/mol. The lowest BCUT2D eigenvalue weighted by atomic mass is 9.89. The second-order valence-corrected chi connectivity index (χ2v) is 5.64. The van der Waals surface area contributed by atoms with Crippen molar-refractivity contribution >= 4 is 21.9 Å². The van der Waals surface area contributed by atoms with Gasteiger partial charge in [-0.05, 0) is 18.6 Å². The third-order valence-corrected chi connectivity index (χ3v) is 4.42. The number of methoxy groups -OCH3 is 1. The van der Waals surface area contributed by atoms with Crippen LogP contribution in [0.3, 0.4) is 0 Å². The fourth-order valence-corrected chi connectivity index (χ4v) is 3.25. The Kier molecular flexibility index (Phi) is 4.60. The zero-order valence-electron chi connectivity index (χ0n) is 11.3. The molecule has 1 aromatic rings. The van der Waals surface area contributed by atoms with Gasteiger partial charge in [-0.2, -0.15) is 0 Å². The molecule has 2 rings (SSSR count). The van der Waals surface area contributed by atoms with Crippen LogP contribution >= 0.6 is 15.9 Å². The van der Waals surface area contributed by atoms with Gasteiger partial charge in [0.25, 0.3) is 0 Å². The summed E-state index contributed by atoms with van der Waals surface area (Å²) in [4.78, 5) is 14.6. The Hall–Kier alpha value is -0.910. The predicted octanol–water partition coefficient (Wildman–Crippen LogP) is 1.74. The Balaban J connectivity index is 2.45. The Bertz CT molecular complexity index is 461. The molecule has 0 saturated carbocycles. The topological polar surface area (TPSA) is 41.6 Å². The van der Waals surface area contributed by atoms with Crippen LogP contribution in [0.2, 0.25) is 0 Å². The first-order valence-corrected chi connectivity index (χ1v) is 7.19. The van der Waals surface area contributed by atoms with Crippen molar-refractivity contribution in [2.75, 3.05) is 33.3 Å². The lowest BCUT2D eigenvalue weighted by Gasteiger charge is -2.42. The second kappa shape index (κ2) is 6.03. The van der Waals surface area contributed by atoms with Gasteiger partial charge in [0.15, 0.2) is 0 Å². The molecule has 1 aliphatic heterocycles. The van der Waals surface area contributed by atoms with Crippen LogP contribution in [-0.4, -0.2) is 44.2 Å². The van der Waals surface area contributed by atoms with Crippen molar-refractivity contribution in [2.24, 2.45) is 0 Å². The summed E-state index contributed by atoms with van der Waals surface area (Å²) in [7, 11) is 1.44. The van der Waals surface area contributed by atoms with Gasteiger partial charge in [-0.1, -0.05) is 34.1 Å². The summed E-state index contributed by atoms with van der Waals surface area (Å²) < 4.78 is 5.99. The number of benzene rings is 1. The maximum Gasteiger partial charge on any atom is 0.330 e. The summed E-state index contributed by atoms with van der Waals surface area (Å²) in [6.07, 6.45) is 0.